The maximum atomic E-state index is 12.4. The van der Waals surface area contributed by atoms with E-state index in [-0.39, 0.29) is 5.91 Å². The smallest absolute Gasteiger partial charge is 0.257 e. The van der Waals surface area contributed by atoms with E-state index in [9.17, 15) is 4.79 Å². The van der Waals surface area contributed by atoms with Gasteiger partial charge in [0.25, 0.3) is 5.91 Å². The van der Waals surface area contributed by atoms with Gasteiger partial charge in [-0.05, 0) is 69.3 Å². The van der Waals surface area contributed by atoms with E-state index < -0.39 is 0 Å². The highest BCUT2D eigenvalue weighted by Crippen LogP contribution is 2.32. The van der Waals surface area contributed by atoms with Gasteiger partial charge in [-0.1, -0.05) is 11.6 Å². The predicted octanol–water partition coefficient (Wildman–Crippen LogP) is 3.89. The maximum Gasteiger partial charge on any atom is 0.257 e. The molecule has 0 fully saturated rings. The van der Waals surface area contributed by atoms with Gasteiger partial charge in [0.05, 0.1) is 5.56 Å². The van der Waals surface area contributed by atoms with Crippen LogP contribution in [0.15, 0.2) is 36.5 Å². The van der Waals surface area contributed by atoms with Crippen LogP contribution in [0, 0.1) is 0 Å². The second kappa shape index (κ2) is 6.74. The van der Waals surface area contributed by atoms with Gasteiger partial charge in [-0.2, -0.15) is 0 Å². The van der Waals surface area contributed by atoms with Gasteiger partial charge >= 0.3 is 0 Å². The zero-order chi connectivity index (χ0) is 18.3. The van der Waals surface area contributed by atoms with Crippen molar-refractivity contribution in [1.29, 1.82) is 0 Å². The third kappa shape index (κ3) is 3.20. The Hall–Kier alpha value is -2.37. The number of carbonyl (C=O) groups is 1. The molecule has 0 aliphatic heterocycles. The molecule has 1 aromatic carbocycles. The molecule has 0 saturated heterocycles. The summed E-state index contributed by atoms with van der Waals surface area (Å²) in [6.07, 6.45) is 4.74. The molecular formula is C20H21ClN4O. The molecule has 0 saturated carbocycles. The molecular weight excluding hydrogens is 348 g/mol. The van der Waals surface area contributed by atoms with Crippen LogP contribution in [-0.2, 0) is 12.8 Å². The van der Waals surface area contributed by atoms with Crippen molar-refractivity contribution in [2.45, 2.75) is 25.3 Å². The van der Waals surface area contributed by atoms with Crippen molar-refractivity contribution in [3.05, 3.63) is 58.5 Å². The van der Waals surface area contributed by atoms with Crippen molar-refractivity contribution in [3.63, 3.8) is 0 Å². The molecule has 1 aliphatic rings. The minimum absolute atomic E-state index is 0.191. The number of rotatable bonds is 3. The third-order valence-corrected chi connectivity index (χ3v) is 5.36. The summed E-state index contributed by atoms with van der Waals surface area (Å²) in [5.74, 6) is -0.191. The van der Waals surface area contributed by atoms with Crippen LogP contribution in [0.4, 0.5) is 5.69 Å². The largest absolute Gasteiger partial charge is 0.358 e. The summed E-state index contributed by atoms with van der Waals surface area (Å²) in [6, 6.07) is 9.86. The van der Waals surface area contributed by atoms with Gasteiger partial charge in [-0.3, -0.25) is 4.79 Å². The molecule has 2 heterocycles. The monoisotopic (exact) mass is 368 g/mol. The molecule has 0 spiro atoms. The molecule has 2 N–H and O–H groups in total. The molecule has 4 rings (SSSR count). The first-order valence-corrected chi connectivity index (χ1v) is 9.12. The Kier molecular flexibility index (Phi) is 4.42. The predicted molar refractivity (Wildman–Crippen MR) is 105 cm³/mol. The minimum Gasteiger partial charge on any atom is -0.358 e. The number of aromatic amines is 1. The molecule has 134 valence electrons. The van der Waals surface area contributed by atoms with Crippen molar-refractivity contribution in [1.82, 2.24) is 14.9 Å². The SMILES string of the molecule is CN(C)C1CCc2[nH]c3ccc(NC(=O)c4ccc(Cl)nc4)cc3c2C1. The number of amides is 1. The summed E-state index contributed by atoms with van der Waals surface area (Å²) in [6.45, 7) is 0. The Morgan fingerprint density at radius 3 is 2.88 bits per heavy atom. The molecule has 26 heavy (non-hydrogen) atoms. The van der Waals surface area contributed by atoms with E-state index in [1.54, 1.807) is 12.1 Å². The Morgan fingerprint density at radius 1 is 1.31 bits per heavy atom. The summed E-state index contributed by atoms with van der Waals surface area (Å²) in [4.78, 5) is 22.2. The summed E-state index contributed by atoms with van der Waals surface area (Å²) in [5, 5.41) is 4.52. The molecule has 1 atom stereocenters. The van der Waals surface area contributed by atoms with Crippen molar-refractivity contribution in [2.75, 3.05) is 19.4 Å². The lowest BCUT2D eigenvalue weighted by Crippen LogP contribution is -2.33. The maximum absolute atomic E-state index is 12.4. The van der Waals surface area contributed by atoms with Gasteiger partial charge in [0.1, 0.15) is 5.15 Å². The number of nitrogens with zero attached hydrogens (tertiary/aromatic N) is 2. The number of fused-ring (bicyclic) bond motifs is 3. The number of aromatic nitrogens is 2. The normalized spacial score (nSPS) is 16.7. The molecule has 1 aliphatic carbocycles. The Morgan fingerprint density at radius 2 is 2.15 bits per heavy atom. The summed E-state index contributed by atoms with van der Waals surface area (Å²) >= 11 is 5.78. The second-order valence-electron chi connectivity index (χ2n) is 7.03. The second-order valence-corrected chi connectivity index (χ2v) is 7.41. The molecule has 1 amide bonds. The number of carbonyl (C=O) groups excluding carboxylic acids is 1. The van der Waals surface area contributed by atoms with E-state index in [1.165, 1.54) is 29.3 Å². The lowest BCUT2D eigenvalue weighted by atomic mass is 9.91. The summed E-state index contributed by atoms with van der Waals surface area (Å²) in [7, 11) is 4.27. The fraction of sp³-hybridized carbons (Fsp3) is 0.300. The van der Waals surface area contributed by atoms with E-state index >= 15 is 0 Å². The number of hydrogen-bond acceptors (Lipinski definition) is 3. The van der Waals surface area contributed by atoms with Crippen LogP contribution in [-0.4, -0.2) is 40.9 Å². The highest BCUT2D eigenvalue weighted by molar-refractivity contribution is 6.29. The molecule has 3 aromatic rings. The first kappa shape index (κ1) is 17.1. The number of hydrogen-bond donors (Lipinski definition) is 2. The Balaban J connectivity index is 1.62. The number of likely N-dealkylation sites (N-methyl/N-ethyl adjacent to an activating group) is 1. The zero-order valence-corrected chi connectivity index (χ0v) is 15.6. The number of nitrogens with one attached hydrogen (secondary N) is 2. The van der Waals surface area contributed by atoms with Gasteiger partial charge in [-0.25, -0.2) is 4.98 Å². The van der Waals surface area contributed by atoms with Crippen LogP contribution in [0.3, 0.4) is 0 Å². The molecule has 6 heteroatoms. The van der Waals surface area contributed by atoms with Crippen molar-refractivity contribution in [2.24, 2.45) is 0 Å². The van der Waals surface area contributed by atoms with Crippen LogP contribution in [0.5, 0.6) is 0 Å². The van der Waals surface area contributed by atoms with Crippen LogP contribution in [0.25, 0.3) is 10.9 Å². The highest BCUT2D eigenvalue weighted by atomic mass is 35.5. The number of H-pyrrole nitrogens is 1. The lowest BCUT2D eigenvalue weighted by molar-refractivity contribution is 0.102. The molecule has 5 nitrogen and oxygen atoms in total. The van der Waals surface area contributed by atoms with Gasteiger partial charge in [-0.15, -0.1) is 0 Å². The van der Waals surface area contributed by atoms with Crippen LogP contribution < -0.4 is 5.32 Å². The summed E-state index contributed by atoms with van der Waals surface area (Å²) in [5.41, 5.74) is 5.09. The number of pyridine rings is 1. The fourth-order valence-corrected chi connectivity index (χ4v) is 3.74. The van der Waals surface area contributed by atoms with Gasteiger partial charge < -0.3 is 15.2 Å². The van der Waals surface area contributed by atoms with Crippen LogP contribution in [0.1, 0.15) is 28.0 Å². The van der Waals surface area contributed by atoms with Gasteiger partial charge in [0.2, 0.25) is 0 Å². The van der Waals surface area contributed by atoms with Crippen LogP contribution in [0.2, 0.25) is 5.15 Å². The van der Waals surface area contributed by atoms with Crippen LogP contribution >= 0.6 is 11.6 Å². The number of anilines is 1. The summed E-state index contributed by atoms with van der Waals surface area (Å²) < 4.78 is 0. The highest BCUT2D eigenvalue weighted by Gasteiger charge is 2.23. The fourth-order valence-electron chi connectivity index (χ4n) is 3.63. The number of halogens is 1. The van der Waals surface area contributed by atoms with Gasteiger partial charge in [0, 0.05) is 34.5 Å². The average Bonchev–Trinajstić information content (AvgIpc) is 2.99. The van der Waals surface area contributed by atoms with E-state index in [0.717, 1.165) is 24.0 Å². The van der Waals surface area contributed by atoms with Gasteiger partial charge in [0.15, 0.2) is 0 Å². The quantitative estimate of drug-likeness (QED) is 0.689. The Bertz CT molecular complexity index is 962. The standard InChI is InChI=1S/C20H21ClN4O/c1-25(2)14-5-7-18-16(10-14)15-9-13(4-6-17(15)24-18)23-20(26)12-3-8-19(21)22-11-12/h3-4,6,8-9,11,14,24H,5,7,10H2,1-2H3,(H,23,26). The molecule has 2 aromatic heterocycles. The third-order valence-electron chi connectivity index (χ3n) is 5.14. The zero-order valence-electron chi connectivity index (χ0n) is 14.8. The first-order valence-electron chi connectivity index (χ1n) is 8.74. The number of benzene rings is 1. The van der Waals surface area contributed by atoms with E-state index in [1.807, 2.05) is 12.1 Å². The average molecular weight is 369 g/mol. The molecule has 0 radical (unpaired) electrons. The minimum atomic E-state index is -0.191. The Labute approximate surface area is 157 Å². The van der Waals surface area contributed by atoms with Crippen molar-refractivity contribution in [3.8, 4) is 0 Å². The topological polar surface area (TPSA) is 61.0 Å². The van der Waals surface area contributed by atoms with Crippen molar-refractivity contribution >= 4 is 34.1 Å². The molecule has 0 bridgehead atoms. The number of aryl methyl sites for hydroxylation is 1. The first-order chi connectivity index (χ1) is 12.5. The lowest BCUT2D eigenvalue weighted by Gasteiger charge is -2.28. The van der Waals surface area contributed by atoms with Crippen molar-refractivity contribution < 1.29 is 4.79 Å². The van der Waals surface area contributed by atoms with E-state index in [0.29, 0.717) is 16.8 Å². The molecule has 1 unspecified atom stereocenters. The van der Waals surface area contributed by atoms with E-state index in [4.69, 9.17) is 11.6 Å². The van der Waals surface area contributed by atoms with E-state index in [2.05, 4.69) is 40.3 Å².